The largest absolute Gasteiger partial charge is 0.379 e. The molecule has 0 bridgehead atoms. The number of carbonyl (C=O) groups is 1. The van der Waals surface area contributed by atoms with Crippen molar-refractivity contribution in [3.05, 3.63) is 53.7 Å². The Balaban J connectivity index is 1.25. The molecule has 0 aliphatic carbocycles. The lowest BCUT2D eigenvalue weighted by Gasteiger charge is -2.33. The molecule has 184 valence electrons. The van der Waals surface area contributed by atoms with Gasteiger partial charge in [-0.3, -0.25) is 4.79 Å². The lowest BCUT2D eigenvalue weighted by atomic mass is 10.1. The van der Waals surface area contributed by atoms with E-state index < -0.39 is 10.0 Å². The van der Waals surface area contributed by atoms with Crippen LogP contribution in [0.2, 0.25) is 0 Å². The Morgan fingerprint density at radius 2 is 1.71 bits per heavy atom. The third kappa shape index (κ3) is 6.32. The predicted octanol–water partition coefficient (Wildman–Crippen LogP) is 1.10. The van der Waals surface area contributed by atoms with Crippen molar-refractivity contribution in [2.45, 2.75) is 24.3 Å². The standard InChI is InChI=1S/C24H33N5O4S/c1-27-10-12-28(13-11-27)23-18-21(8-9-25-23)19-26-24(30)7-4-20-2-5-22(6-3-20)34(31,32)29-14-16-33-17-15-29/h2-3,5-6,8-9,18H,4,7,10-17,19H2,1H3,(H,26,30). The van der Waals surface area contributed by atoms with Crippen LogP contribution in [-0.2, 0) is 32.5 Å². The number of piperazine rings is 1. The van der Waals surface area contributed by atoms with Crippen molar-refractivity contribution in [3.8, 4) is 0 Å². The zero-order valence-electron chi connectivity index (χ0n) is 19.6. The first-order valence-corrected chi connectivity index (χ1v) is 13.2. The second-order valence-corrected chi connectivity index (χ2v) is 10.7. The number of benzene rings is 1. The zero-order valence-corrected chi connectivity index (χ0v) is 20.5. The molecule has 0 radical (unpaired) electrons. The summed E-state index contributed by atoms with van der Waals surface area (Å²) in [6, 6.07) is 10.8. The summed E-state index contributed by atoms with van der Waals surface area (Å²) in [5.41, 5.74) is 1.95. The Labute approximate surface area is 201 Å². The van der Waals surface area contributed by atoms with E-state index in [1.165, 1.54) is 4.31 Å². The molecular formula is C24H33N5O4S. The molecule has 4 rings (SSSR count). The molecule has 1 amide bonds. The van der Waals surface area contributed by atoms with Gasteiger partial charge in [-0.05, 0) is 48.9 Å². The lowest BCUT2D eigenvalue weighted by molar-refractivity contribution is -0.121. The number of amides is 1. The van der Waals surface area contributed by atoms with Gasteiger partial charge in [-0.25, -0.2) is 13.4 Å². The van der Waals surface area contributed by atoms with E-state index in [-0.39, 0.29) is 10.8 Å². The summed E-state index contributed by atoms with van der Waals surface area (Å²) in [6.07, 6.45) is 2.68. The average Bonchev–Trinajstić information content (AvgIpc) is 2.87. The highest BCUT2D eigenvalue weighted by Crippen LogP contribution is 2.18. The Kier molecular flexibility index (Phi) is 8.15. The number of anilines is 1. The minimum Gasteiger partial charge on any atom is -0.379 e. The van der Waals surface area contributed by atoms with Crippen LogP contribution in [-0.4, -0.2) is 88.0 Å². The van der Waals surface area contributed by atoms with Crippen LogP contribution in [0.15, 0.2) is 47.5 Å². The van der Waals surface area contributed by atoms with Gasteiger partial charge in [0.15, 0.2) is 0 Å². The molecule has 0 spiro atoms. The van der Waals surface area contributed by atoms with Gasteiger partial charge in [0.25, 0.3) is 0 Å². The summed E-state index contributed by atoms with van der Waals surface area (Å²) in [7, 11) is -1.38. The zero-order chi connectivity index (χ0) is 24.0. The van der Waals surface area contributed by atoms with E-state index in [1.807, 2.05) is 12.1 Å². The van der Waals surface area contributed by atoms with Crippen molar-refractivity contribution in [2.75, 3.05) is 64.4 Å². The number of aryl methyl sites for hydroxylation is 1. The van der Waals surface area contributed by atoms with Crippen molar-refractivity contribution in [1.82, 2.24) is 19.5 Å². The van der Waals surface area contributed by atoms with Crippen molar-refractivity contribution in [1.29, 1.82) is 0 Å². The molecule has 0 atom stereocenters. The van der Waals surface area contributed by atoms with Crippen LogP contribution >= 0.6 is 0 Å². The monoisotopic (exact) mass is 487 g/mol. The number of pyridine rings is 1. The van der Waals surface area contributed by atoms with Crippen molar-refractivity contribution in [2.24, 2.45) is 0 Å². The van der Waals surface area contributed by atoms with Crippen LogP contribution in [0.25, 0.3) is 0 Å². The number of nitrogens with one attached hydrogen (secondary N) is 1. The minimum atomic E-state index is -3.50. The summed E-state index contributed by atoms with van der Waals surface area (Å²) < 4.78 is 32.1. The molecule has 34 heavy (non-hydrogen) atoms. The Morgan fingerprint density at radius 3 is 2.41 bits per heavy atom. The van der Waals surface area contributed by atoms with E-state index in [0.29, 0.717) is 45.7 Å². The molecular weight excluding hydrogens is 454 g/mol. The van der Waals surface area contributed by atoms with Gasteiger partial charge in [0.05, 0.1) is 18.1 Å². The van der Waals surface area contributed by atoms with E-state index in [9.17, 15) is 13.2 Å². The highest BCUT2D eigenvalue weighted by molar-refractivity contribution is 7.89. The highest BCUT2D eigenvalue weighted by Gasteiger charge is 2.26. The first-order valence-electron chi connectivity index (χ1n) is 11.7. The molecule has 2 aliphatic rings. The molecule has 2 fully saturated rings. The maximum absolute atomic E-state index is 12.7. The highest BCUT2D eigenvalue weighted by atomic mass is 32.2. The number of nitrogens with zero attached hydrogens (tertiary/aromatic N) is 4. The number of likely N-dealkylation sites (N-methyl/N-ethyl adjacent to an activating group) is 1. The Hall–Kier alpha value is -2.53. The number of hydrogen-bond donors (Lipinski definition) is 1. The topological polar surface area (TPSA) is 95.1 Å². The molecule has 0 saturated carbocycles. The summed E-state index contributed by atoms with van der Waals surface area (Å²) in [4.78, 5) is 21.7. The maximum Gasteiger partial charge on any atom is 0.243 e. The second kappa shape index (κ2) is 11.3. The van der Waals surface area contributed by atoms with Gasteiger partial charge in [-0.15, -0.1) is 0 Å². The summed E-state index contributed by atoms with van der Waals surface area (Å²) in [6.45, 7) is 5.98. The number of hydrogen-bond acceptors (Lipinski definition) is 7. The number of carbonyl (C=O) groups excluding carboxylic acids is 1. The smallest absolute Gasteiger partial charge is 0.243 e. The Morgan fingerprint density at radius 1 is 1.00 bits per heavy atom. The molecule has 9 nitrogen and oxygen atoms in total. The van der Waals surface area contributed by atoms with Crippen molar-refractivity contribution >= 4 is 21.7 Å². The normalized spacial score (nSPS) is 18.1. The molecule has 2 saturated heterocycles. The van der Waals surface area contributed by atoms with Gasteiger partial charge in [-0.2, -0.15) is 4.31 Å². The van der Waals surface area contributed by atoms with Crippen molar-refractivity contribution in [3.63, 3.8) is 0 Å². The second-order valence-electron chi connectivity index (χ2n) is 8.75. The average molecular weight is 488 g/mol. The van der Waals surface area contributed by atoms with Gasteiger partial charge in [-0.1, -0.05) is 12.1 Å². The molecule has 1 aromatic heterocycles. The van der Waals surface area contributed by atoms with E-state index in [2.05, 4.69) is 27.1 Å². The number of rotatable bonds is 8. The fraction of sp³-hybridized carbons (Fsp3) is 0.500. The molecule has 3 heterocycles. The quantitative estimate of drug-likeness (QED) is 0.596. The van der Waals surface area contributed by atoms with E-state index in [1.54, 1.807) is 30.5 Å². The van der Waals surface area contributed by atoms with E-state index in [4.69, 9.17) is 4.74 Å². The predicted molar refractivity (Wildman–Crippen MR) is 130 cm³/mol. The molecule has 0 unspecified atom stereocenters. The van der Waals surface area contributed by atoms with Gasteiger partial charge in [0.1, 0.15) is 5.82 Å². The SMILES string of the molecule is CN1CCN(c2cc(CNC(=O)CCc3ccc(S(=O)(=O)N4CCOCC4)cc3)ccn2)CC1. The lowest BCUT2D eigenvalue weighted by Crippen LogP contribution is -2.44. The number of ether oxygens (including phenoxy) is 1. The number of aromatic nitrogens is 1. The Bertz CT molecular complexity index is 1060. The molecule has 10 heteroatoms. The van der Waals surface area contributed by atoms with E-state index >= 15 is 0 Å². The summed E-state index contributed by atoms with van der Waals surface area (Å²) >= 11 is 0. The first kappa shape index (κ1) is 24.6. The van der Waals surface area contributed by atoms with Gasteiger partial charge >= 0.3 is 0 Å². The number of sulfonamides is 1. The van der Waals surface area contributed by atoms with Gasteiger partial charge < -0.3 is 19.9 Å². The molecule has 2 aromatic rings. The summed E-state index contributed by atoms with van der Waals surface area (Å²) in [5, 5.41) is 2.98. The number of morpholine rings is 1. The van der Waals surface area contributed by atoms with Crippen LogP contribution in [0.4, 0.5) is 5.82 Å². The van der Waals surface area contributed by atoms with Crippen LogP contribution in [0.3, 0.4) is 0 Å². The van der Waals surface area contributed by atoms with Crippen LogP contribution in [0.5, 0.6) is 0 Å². The summed E-state index contributed by atoms with van der Waals surface area (Å²) in [5.74, 6) is 0.912. The van der Waals surface area contributed by atoms with E-state index in [0.717, 1.165) is 43.1 Å². The minimum absolute atomic E-state index is 0.0389. The third-order valence-corrected chi connectivity index (χ3v) is 8.21. The van der Waals surface area contributed by atoms with Crippen LogP contribution in [0, 0.1) is 0 Å². The maximum atomic E-state index is 12.7. The molecule has 2 aliphatic heterocycles. The first-order chi connectivity index (χ1) is 16.4. The fourth-order valence-corrected chi connectivity index (χ4v) is 5.50. The molecule has 1 N–H and O–H groups in total. The van der Waals surface area contributed by atoms with Crippen molar-refractivity contribution < 1.29 is 17.9 Å². The molecule has 1 aromatic carbocycles. The van der Waals surface area contributed by atoms with Gasteiger partial charge in [0.2, 0.25) is 15.9 Å². The van der Waals surface area contributed by atoms with Crippen LogP contribution in [0.1, 0.15) is 17.5 Å². The third-order valence-electron chi connectivity index (χ3n) is 6.30. The van der Waals surface area contributed by atoms with Crippen LogP contribution < -0.4 is 10.2 Å². The van der Waals surface area contributed by atoms with Gasteiger partial charge in [0, 0.05) is 58.4 Å². The fourth-order valence-electron chi connectivity index (χ4n) is 4.09.